The van der Waals surface area contributed by atoms with Crippen LogP contribution in [0.25, 0.3) is 0 Å². The Labute approximate surface area is 127 Å². The average Bonchev–Trinajstić information content (AvgIpc) is 2.43. The van der Waals surface area contributed by atoms with Gasteiger partial charge in [-0.3, -0.25) is 4.90 Å². The highest BCUT2D eigenvalue weighted by Gasteiger charge is 2.35. The summed E-state index contributed by atoms with van der Waals surface area (Å²) in [6, 6.07) is 3.05. The Morgan fingerprint density at radius 3 is 2.80 bits per heavy atom. The monoisotopic (exact) mass is 346 g/mol. The molecule has 0 radical (unpaired) electrons. The van der Waals surface area contributed by atoms with E-state index < -0.39 is 11.6 Å². The quantitative estimate of drug-likeness (QED) is 0.839. The van der Waals surface area contributed by atoms with Crippen molar-refractivity contribution >= 4 is 15.9 Å². The van der Waals surface area contributed by atoms with Crippen LogP contribution < -0.4 is 5.32 Å². The van der Waals surface area contributed by atoms with Crippen LogP contribution in [0.3, 0.4) is 0 Å². The SMILES string of the molecule is CCC1(C)CNC(C)CN1Cc1c(F)ccc(Br)c1F. The van der Waals surface area contributed by atoms with Gasteiger partial charge in [0.25, 0.3) is 0 Å². The Kier molecular flexibility index (Phi) is 4.82. The van der Waals surface area contributed by atoms with Crippen LogP contribution in [-0.4, -0.2) is 29.6 Å². The fraction of sp³-hybridized carbons (Fsp3) is 0.600. The summed E-state index contributed by atoms with van der Waals surface area (Å²) in [6.07, 6.45) is 0.934. The van der Waals surface area contributed by atoms with Gasteiger partial charge in [-0.05, 0) is 48.3 Å². The molecule has 0 amide bonds. The molecule has 1 N–H and O–H groups in total. The second kappa shape index (κ2) is 6.08. The molecule has 1 aromatic rings. The van der Waals surface area contributed by atoms with E-state index in [1.165, 1.54) is 12.1 Å². The summed E-state index contributed by atoms with van der Waals surface area (Å²) < 4.78 is 28.4. The molecule has 5 heteroatoms. The lowest BCUT2D eigenvalue weighted by Gasteiger charge is -2.47. The number of hydrogen-bond donors (Lipinski definition) is 1. The average molecular weight is 347 g/mol. The van der Waals surface area contributed by atoms with Gasteiger partial charge in [0.1, 0.15) is 11.6 Å². The van der Waals surface area contributed by atoms with Crippen molar-refractivity contribution in [2.45, 2.75) is 45.3 Å². The molecule has 0 aliphatic carbocycles. The summed E-state index contributed by atoms with van der Waals surface area (Å²) in [5.41, 5.74) is 0.0707. The molecule has 1 aliphatic rings. The van der Waals surface area contributed by atoms with Crippen LogP contribution in [0.4, 0.5) is 8.78 Å². The third-order valence-electron chi connectivity index (χ3n) is 4.34. The molecular formula is C15H21BrF2N2. The topological polar surface area (TPSA) is 15.3 Å². The maximum Gasteiger partial charge on any atom is 0.144 e. The molecule has 0 spiro atoms. The van der Waals surface area contributed by atoms with Crippen molar-refractivity contribution in [2.75, 3.05) is 13.1 Å². The highest BCUT2D eigenvalue weighted by atomic mass is 79.9. The minimum Gasteiger partial charge on any atom is -0.311 e. The van der Waals surface area contributed by atoms with Gasteiger partial charge in [-0.2, -0.15) is 0 Å². The van der Waals surface area contributed by atoms with Gasteiger partial charge in [-0.15, -0.1) is 0 Å². The van der Waals surface area contributed by atoms with Gasteiger partial charge in [-0.25, -0.2) is 8.78 Å². The van der Waals surface area contributed by atoms with Crippen molar-refractivity contribution in [3.05, 3.63) is 33.8 Å². The van der Waals surface area contributed by atoms with Gasteiger partial charge in [-0.1, -0.05) is 6.92 Å². The zero-order valence-corrected chi connectivity index (χ0v) is 13.7. The van der Waals surface area contributed by atoms with Crippen LogP contribution >= 0.6 is 15.9 Å². The summed E-state index contributed by atoms with van der Waals surface area (Å²) in [6.45, 7) is 8.26. The van der Waals surface area contributed by atoms with Crippen molar-refractivity contribution < 1.29 is 8.78 Å². The molecule has 2 nitrogen and oxygen atoms in total. The van der Waals surface area contributed by atoms with Gasteiger partial charge in [0, 0.05) is 36.8 Å². The maximum atomic E-state index is 14.1. The first kappa shape index (κ1) is 15.9. The Balaban J connectivity index is 2.29. The third-order valence-corrected chi connectivity index (χ3v) is 4.95. The van der Waals surface area contributed by atoms with E-state index >= 15 is 0 Å². The van der Waals surface area contributed by atoms with E-state index in [2.05, 4.69) is 46.9 Å². The van der Waals surface area contributed by atoms with Crippen molar-refractivity contribution in [2.24, 2.45) is 0 Å². The highest BCUT2D eigenvalue weighted by molar-refractivity contribution is 9.10. The molecule has 1 saturated heterocycles. The zero-order valence-electron chi connectivity index (χ0n) is 12.1. The van der Waals surface area contributed by atoms with Crippen LogP contribution in [0.2, 0.25) is 0 Å². The van der Waals surface area contributed by atoms with E-state index in [-0.39, 0.29) is 11.1 Å². The normalized spacial score (nSPS) is 27.8. The second-order valence-electron chi connectivity index (χ2n) is 5.83. The van der Waals surface area contributed by atoms with Crippen molar-refractivity contribution in [1.82, 2.24) is 10.2 Å². The molecule has 0 aromatic heterocycles. The van der Waals surface area contributed by atoms with Gasteiger partial charge >= 0.3 is 0 Å². The number of hydrogen-bond acceptors (Lipinski definition) is 2. The number of piperazine rings is 1. The van der Waals surface area contributed by atoms with Crippen LogP contribution in [0.5, 0.6) is 0 Å². The van der Waals surface area contributed by atoms with E-state index in [0.29, 0.717) is 17.1 Å². The Morgan fingerprint density at radius 2 is 2.15 bits per heavy atom. The lowest BCUT2D eigenvalue weighted by Crippen LogP contribution is -2.62. The zero-order chi connectivity index (χ0) is 14.9. The molecule has 2 unspecified atom stereocenters. The molecule has 1 fully saturated rings. The van der Waals surface area contributed by atoms with E-state index in [0.717, 1.165) is 19.5 Å². The standard InChI is InChI=1S/C15H21BrF2N2/c1-4-15(3)9-19-10(2)7-20(15)8-11-13(17)6-5-12(16)14(11)18/h5-6,10,19H,4,7-9H2,1-3H3. The molecule has 2 atom stereocenters. The van der Waals surface area contributed by atoms with Crippen molar-refractivity contribution in [3.8, 4) is 0 Å². The van der Waals surface area contributed by atoms with E-state index in [9.17, 15) is 8.78 Å². The predicted octanol–water partition coefficient (Wildman–Crippen LogP) is 3.69. The fourth-order valence-electron chi connectivity index (χ4n) is 2.63. The van der Waals surface area contributed by atoms with E-state index in [4.69, 9.17) is 0 Å². The van der Waals surface area contributed by atoms with Crippen LogP contribution in [0.1, 0.15) is 32.8 Å². The molecule has 1 aliphatic heterocycles. The maximum absolute atomic E-state index is 14.1. The molecular weight excluding hydrogens is 326 g/mol. The highest BCUT2D eigenvalue weighted by Crippen LogP contribution is 2.28. The molecule has 2 rings (SSSR count). The number of nitrogens with zero attached hydrogens (tertiary/aromatic N) is 1. The van der Waals surface area contributed by atoms with Gasteiger partial charge in [0.15, 0.2) is 0 Å². The minimum absolute atomic E-state index is 0.0757. The first-order valence-corrected chi connectivity index (χ1v) is 7.77. The lowest BCUT2D eigenvalue weighted by molar-refractivity contribution is 0.0434. The summed E-state index contributed by atoms with van der Waals surface area (Å²) >= 11 is 3.13. The van der Waals surface area contributed by atoms with E-state index in [1.807, 2.05) is 0 Å². The number of rotatable bonds is 3. The molecule has 0 bridgehead atoms. The largest absolute Gasteiger partial charge is 0.311 e. The first-order chi connectivity index (χ1) is 9.37. The third kappa shape index (κ3) is 3.05. The van der Waals surface area contributed by atoms with Crippen LogP contribution in [0, 0.1) is 11.6 Å². The summed E-state index contributed by atoms with van der Waals surface area (Å²) in [4.78, 5) is 2.18. The molecule has 1 aromatic carbocycles. The number of nitrogens with one attached hydrogen (secondary N) is 1. The fourth-order valence-corrected chi connectivity index (χ4v) is 3.00. The molecule has 20 heavy (non-hydrogen) atoms. The number of benzene rings is 1. The van der Waals surface area contributed by atoms with Crippen LogP contribution in [0.15, 0.2) is 16.6 Å². The Bertz CT molecular complexity index is 495. The van der Waals surface area contributed by atoms with Crippen molar-refractivity contribution in [3.63, 3.8) is 0 Å². The number of halogens is 3. The summed E-state index contributed by atoms with van der Waals surface area (Å²) in [7, 11) is 0. The molecule has 1 heterocycles. The molecule has 0 saturated carbocycles. The van der Waals surface area contributed by atoms with Gasteiger partial charge in [0.05, 0.1) is 4.47 Å². The Hall–Kier alpha value is -0.520. The van der Waals surface area contributed by atoms with E-state index in [1.54, 1.807) is 0 Å². The van der Waals surface area contributed by atoms with Crippen molar-refractivity contribution in [1.29, 1.82) is 0 Å². The van der Waals surface area contributed by atoms with Gasteiger partial charge < -0.3 is 5.32 Å². The smallest absolute Gasteiger partial charge is 0.144 e. The first-order valence-electron chi connectivity index (χ1n) is 6.98. The van der Waals surface area contributed by atoms with Gasteiger partial charge in [0.2, 0.25) is 0 Å². The lowest BCUT2D eigenvalue weighted by atomic mass is 9.91. The summed E-state index contributed by atoms with van der Waals surface area (Å²) in [5.74, 6) is -0.968. The Morgan fingerprint density at radius 1 is 1.45 bits per heavy atom. The summed E-state index contributed by atoms with van der Waals surface area (Å²) in [5, 5.41) is 3.44. The predicted molar refractivity (Wildman–Crippen MR) is 80.6 cm³/mol. The molecule has 112 valence electrons. The van der Waals surface area contributed by atoms with Crippen LogP contribution in [-0.2, 0) is 6.54 Å². The second-order valence-corrected chi connectivity index (χ2v) is 6.69. The minimum atomic E-state index is -0.491.